The Morgan fingerprint density at radius 2 is 2.00 bits per heavy atom. The average molecular weight is 271 g/mol. The summed E-state index contributed by atoms with van der Waals surface area (Å²) >= 11 is 0. The second-order valence-corrected chi connectivity index (χ2v) is 2.93. The lowest BCUT2D eigenvalue weighted by Gasteiger charge is -2.13. The molecule has 0 spiro atoms. The molecular weight excluding hydrogens is 265 g/mol. The van der Waals surface area contributed by atoms with E-state index in [1.54, 1.807) is 0 Å². The van der Waals surface area contributed by atoms with Gasteiger partial charge in [-0.25, -0.2) is 13.8 Å². The molecule has 0 atom stereocenters. The third-order valence-corrected chi connectivity index (χ3v) is 1.78. The number of aldehydes is 1. The van der Waals surface area contributed by atoms with E-state index in [0.717, 1.165) is 7.11 Å². The quantitative estimate of drug-likeness (QED) is 0.624. The zero-order valence-corrected chi connectivity index (χ0v) is 8.79. The first-order valence-electron chi connectivity index (χ1n) is 4.36. The minimum absolute atomic E-state index is 0.0256. The van der Waals surface area contributed by atoms with Crippen LogP contribution in [0.4, 0.5) is 22.0 Å². The maximum absolute atomic E-state index is 12.4. The summed E-state index contributed by atoms with van der Waals surface area (Å²) < 4.78 is 68.8. The summed E-state index contributed by atoms with van der Waals surface area (Å²) in [6.07, 6.45) is -8.31. The molecule has 0 aliphatic rings. The van der Waals surface area contributed by atoms with E-state index in [0.29, 0.717) is 6.07 Å². The van der Waals surface area contributed by atoms with Crippen molar-refractivity contribution in [3.05, 3.63) is 17.3 Å². The number of hydrogen-bond acceptors (Lipinski definition) is 4. The highest BCUT2D eigenvalue weighted by Crippen LogP contribution is 2.33. The number of aromatic nitrogens is 1. The SMILES string of the molecule is COc1cc(C(F)F)nc(OC(F)(F)F)c1C=O. The Morgan fingerprint density at radius 1 is 1.39 bits per heavy atom. The third kappa shape index (κ3) is 3.28. The Balaban J connectivity index is 3.35. The van der Waals surface area contributed by atoms with E-state index < -0.39 is 35.7 Å². The largest absolute Gasteiger partial charge is 0.574 e. The third-order valence-electron chi connectivity index (χ3n) is 1.78. The van der Waals surface area contributed by atoms with Crippen LogP contribution in [0.5, 0.6) is 11.6 Å². The van der Waals surface area contributed by atoms with E-state index in [1.165, 1.54) is 0 Å². The summed E-state index contributed by atoms with van der Waals surface area (Å²) in [5, 5.41) is 0. The van der Waals surface area contributed by atoms with Crippen LogP contribution < -0.4 is 9.47 Å². The van der Waals surface area contributed by atoms with E-state index in [2.05, 4.69) is 14.5 Å². The van der Waals surface area contributed by atoms with Gasteiger partial charge in [0, 0.05) is 6.07 Å². The molecule has 4 nitrogen and oxygen atoms in total. The van der Waals surface area contributed by atoms with Gasteiger partial charge in [0.1, 0.15) is 17.0 Å². The molecule has 1 aromatic rings. The van der Waals surface area contributed by atoms with Crippen molar-refractivity contribution in [2.24, 2.45) is 0 Å². The van der Waals surface area contributed by atoms with Gasteiger partial charge in [-0.15, -0.1) is 13.2 Å². The fourth-order valence-corrected chi connectivity index (χ4v) is 1.10. The fourth-order valence-electron chi connectivity index (χ4n) is 1.10. The van der Waals surface area contributed by atoms with E-state index in [9.17, 15) is 26.7 Å². The smallest absolute Gasteiger partial charge is 0.496 e. The maximum atomic E-state index is 12.4. The van der Waals surface area contributed by atoms with Gasteiger partial charge >= 0.3 is 6.36 Å². The van der Waals surface area contributed by atoms with E-state index >= 15 is 0 Å². The number of carbonyl (C=O) groups excluding carboxylic acids is 1. The lowest BCUT2D eigenvalue weighted by atomic mass is 10.2. The zero-order valence-electron chi connectivity index (χ0n) is 8.79. The summed E-state index contributed by atoms with van der Waals surface area (Å²) in [7, 11) is 1.01. The molecule has 9 heteroatoms. The minimum atomic E-state index is -5.16. The summed E-state index contributed by atoms with van der Waals surface area (Å²) in [6, 6.07) is 0.664. The molecule has 1 heterocycles. The number of rotatable bonds is 4. The number of ether oxygens (including phenoxy) is 2. The van der Waals surface area contributed by atoms with Gasteiger partial charge in [0.15, 0.2) is 6.29 Å². The summed E-state index contributed by atoms with van der Waals surface area (Å²) in [4.78, 5) is 13.6. The zero-order chi connectivity index (χ0) is 13.9. The molecule has 0 bridgehead atoms. The van der Waals surface area contributed by atoms with Crippen molar-refractivity contribution in [3.8, 4) is 11.6 Å². The molecule has 0 N–H and O–H groups in total. The number of nitrogens with zero attached hydrogens (tertiary/aromatic N) is 1. The molecule has 0 radical (unpaired) electrons. The normalized spacial score (nSPS) is 11.5. The minimum Gasteiger partial charge on any atom is -0.496 e. The predicted octanol–water partition coefficient (Wildman–Crippen LogP) is 2.74. The highest BCUT2D eigenvalue weighted by atomic mass is 19.4. The van der Waals surface area contributed by atoms with Crippen molar-refractivity contribution >= 4 is 6.29 Å². The van der Waals surface area contributed by atoms with Crippen molar-refractivity contribution in [1.82, 2.24) is 4.98 Å². The molecule has 0 unspecified atom stereocenters. The predicted molar refractivity (Wildman–Crippen MR) is 47.8 cm³/mol. The van der Waals surface area contributed by atoms with Gasteiger partial charge in [-0.3, -0.25) is 4.79 Å². The molecule has 0 saturated heterocycles. The highest BCUT2D eigenvalue weighted by molar-refractivity contribution is 5.82. The number of carbonyl (C=O) groups is 1. The number of methoxy groups -OCH3 is 1. The van der Waals surface area contributed by atoms with Crippen LogP contribution in [0.15, 0.2) is 6.07 Å². The number of alkyl halides is 5. The Hall–Kier alpha value is -1.93. The topological polar surface area (TPSA) is 48.4 Å². The van der Waals surface area contributed by atoms with E-state index in [1.807, 2.05) is 0 Å². The number of pyridine rings is 1. The van der Waals surface area contributed by atoms with Crippen molar-refractivity contribution in [2.45, 2.75) is 12.8 Å². The molecule has 0 aromatic carbocycles. The van der Waals surface area contributed by atoms with Crippen molar-refractivity contribution in [3.63, 3.8) is 0 Å². The fraction of sp³-hybridized carbons (Fsp3) is 0.333. The molecular formula is C9H6F5NO3. The van der Waals surface area contributed by atoms with Crippen LogP contribution in [0.25, 0.3) is 0 Å². The number of halogens is 5. The Kier molecular flexibility index (Phi) is 4.04. The summed E-state index contributed by atoms with van der Waals surface area (Å²) in [5.41, 5.74) is -1.68. The molecule has 18 heavy (non-hydrogen) atoms. The molecule has 0 aliphatic heterocycles. The molecule has 1 rings (SSSR count). The molecule has 0 fully saturated rings. The second-order valence-electron chi connectivity index (χ2n) is 2.93. The highest BCUT2D eigenvalue weighted by Gasteiger charge is 2.34. The van der Waals surface area contributed by atoms with Gasteiger partial charge in [-0.1, -0.05) is 0 Å². The Morgan fingerprint density at radius 3 is 2.39 bits per heavy atom. The van der Waals surface area contributed by atoms with Gasteiger partial charge in [-0.2, -0.15) is 0 Å². The van der Waals surface area contributed by atoms with Crippen molar-refractivity contribution in [1.29, 1.82) is 0 Å². The van der Waals surface area contributed by atoms with Gasteiger partial charge in [-0.05, 0) is 0 Å². The standard InChI is InChI=1S/C9H6F5NO3/c1-17-6-2-5(7(10)11)15-8(4(6)3-16)18-9(12,13)14/h2-3,7H,1H3. The Labute approximate surface area is 97.3 Å². The summed E-state index contributed by atoms with van der Waals surface area (Å²) in [5.74, 6) is -1.75. The van der Waals surface area contributed by atoms with Crippen LogP contribution in [0, 0.1) is 0 Å². The first-order chi connectivity index (χ1) is 8.28. The lowest BCUT2D eigenvalue weighted by Crippen LogP contribution is -2.19. The van der Waals surface area contributed by atoms with Crippen LogP contribution in [0.2, 0.25) is 0 Å². The lowest BCUT2D eigenvalue weighted by molar-refractivity contribution is -0.276. The molecule has 100 valence electrons. The van der Waals surface area contributed by atoms with Crippen LogP contribution in [-0.2, 0) is 0 Å². The molecule has 0 saturated carbocycles. The van der Waals surface area contributed by atoms with Crippen LogP contribution >= 0.6 is 0 Å². The van der Waals surface area contributed by atoms with E-state index in [4.69, 9.17) is 0 Å². The van der Waals surface area contributed by atoms with Crippen LogP contribution in [0.3, 0.4) is 0 Å². The van der Waals surface area contributed by atoms with Gasteiger partial charge in [0.2, 0.25) is 5.88 Å². The van der Waals surface area contributed by atoms with E-state index in [-0.39, 0.29) is 6.29 Å². The summed E-state index contributed by atoms with van der Waals surface area (Å²) in [6.45, 7) is 0. The van der Waals surface area contributed by atoms with Crippen LogP contribution in [0.1, 0.15) is 22.5 Å². The monoisotopic (exact) mass is 271 g/mol. The number of hydrogen-bond donors (Lipinski definition) is 0. The molecule has 1 aromatic heterocycles. The first kappa shape index (κ1) is 14.1. The Bertz CT molecular complexity index is 447. The average Bonchev–Trinajstić information content (AvgIpc) is 2.25. The molecule has 0 aliphatic carbocycles. The van der Waals surface area contributed by atoms with Gasteiger partial charge in [0.25, 0.3) is 6.43 Å². The maximum Gasteiger partial charge on any atom is 0.574 e. The van der Waals surface area contributed by atoms with Crippen LogP contribution in [-0.4, -0.2) is 24.7 Å². The second kappa shape index (κ2) is 5.15. The van der Waals surface area contributed by atoms with Gasteiger partial charge < -0.3 is 9.47 Å². The molecule has 0 amide bonds. The van der Waals surface area contributed by atoms with Crippen molar-refractivity contribution < 1.29 is 36.2 Å². The van der Waals surface area contributed by atoms with Crippen molar-refractivity contribution in [2.75, 3.05) is 7.11 Å². The first-order valence-corrected chi connectivity index (χ1v) is 4.36. The van der Waals surface area contributed by atoms with Gasteiger partial charge in [0.05, 0.1) is 7.11 Å².